The second-order valence-electron chi connectivity index (χ2n) is 3.67. The van der Waals surface area contributed by atoms with Crippen molar-refractivity contribution in [3.8, 4) is 5.75 Å². The molecule has 0 unspecified atom stereocenters. The summed E-state index contributed by atoms with van der Waals surface area (Å²) in [5, 5.41) is 3.25. The van der Waals surface area contributed by atoms with Gasteiger partial charge in [0, 0.05) is 23.5 Å². The van der Waals surface area contributed by atoms with E-state index in [0.717, 1.165) is 0 Å². The fourth-order valence-electron chi connectivity index (χ4n) is 1.48. The van der Waals surface area contributed by atoms with Crippen LogP contribution >= 0.6 is 27.5 Å². The lowest BCUT2D eigenvalue weighted by Gasteiger charge is -2.08. The minimum atomic E-state index is -0.229. The summed E-state index contributed by atoms with van der Waals surface area (Å²) in [6.45, 7) is 0. The molecule has 6 heteroatoms. The number of nitrogens with one attached hydrogen (secondary N) is 1. The highest BCUT2D eigenvalue weighted by Crippen LogP contribution is 2.27. The van der Waals surface area contributed by atoms with Crippen molar-refractivity contribution >= 4 is 39.1 Å². The largest absolute Gasteiger partial charge is 0.495 e. The van der Waals surface area contributed by atoms with Crippen molar-refractivity contribution in [3.05, 3.63) is 51.7 Å². The van der Waals surface area contributed by atoms with Crippen LogP contribution in [0.3, 0.4) is 0 Å². The molecule has 1 aromatic carbocycles. The normalized spacial score (nSPS) is 10.1. The molecule has 1 N–H and O–H groups in total. The van der Waals surface area contributed by atoms with E-state index in [1.807, 2.05) is 0 Å². The molecule has 0 aliphatic rings. The van der Waals surface area contributed by atoms with Crippen LogP contribution in [-0.4, -0.2) is 18.0 Å². The Bertz CT molecular complexity index is 619. The van der Waals surface area contributed by atoms with Crippen LogP contribution in [0.5, 0.6) is 5.75 Å². The molecule has 0 saturated heterocycles. The average Bonchev–Trinajstić information content (AvgIpc) is 2.41. The molecule has 1 aromatic heterocycles. The summed E-state index contributed by atoms with van der Waals surface area (Å²) in [6.07, 6.45) is 1.56. The van der Waals surface area contributed by atoms with Crippen LogP contribution in [-0.2, 0) is 0 Å². The Morgan fingerprint density at radius 1 is 1.37 bits per heavy atom. The van der Waals surface area contributed by atoms with Gasteiger partial charge in [0.25, 0.3) is 5.91 Å². The lowest BCUT2D eigenvalue weighted by Crippen LogP contribution is -2.12. The van der Waals surface area contributed by atoms with Gasteiger partial charge in [-0.15, -0.1) is 0 Å². The monoisotopic (exact) mass is 340 g/mol. The maximum atomic E-state index is 12.0. The molecule has 4 nitrogen and oxygen atoms in total. The zero-order valence-corrected chi connectivity index (χ0v) is 12.3. The smallest absolute Gasteiger partial charge is 0.255 e. The molecule has 2 aromatic rings. The highest BCUT2D eigenvalue weighted by molar-refractivity contribution is 9.10. The van der Waals surface area contributed by atoms with E-state index in [1.165, 1.54) is 7.11 Å². The number of pyridine rings is 1. The maximum absolute atomic E-state index is 12.0. The first-order chi connectivity index (χ1) is 9.10. The molecule has 19 heavy (non-hydrogen) atoms. The molecule has 0 bridgehead atoms. The van der Waals surface area contributed by atoms with Gasteiger partial charge >= 0.3 is 0 Å². The van der Waals surface area contributed by atoms with Crippen LogP contribution < -0.4 is 10.1 Å². The lowest BCUT2D eigenvalue weighted by atomic mass is 10.2. The zero-order valence-electron chi connectivity index (χ0n) is 9.98. The number of ether oxygens (including phenoxy) is 1. The molecule has 0 atom stereocenters. The molecule has 0 aliphatic heterocycles. The molecule has 0 saturated carbocycles. The summed E-state index contributed by atoms with van der Waals surface area (Å²) in [5.41, 5.74) is 1.12. The van der Waals surface area contributed by atoms with Gasteiger partial charge in [-0.3, -0.25) is 4.79 Å². The van der Waals surface area contributed by atoms with E-state index in [4.69, 9.17) is 16.3 Å². The van der Waals surface area contributed by atoms with E-state index in [9.17, 15) is 4.79 Å². The fourth-order valence-corrected chi connectivity index (χ4v) is 2.04. The molecular formula is C13H10BrClN2O2. The maximum Gasteiger partial charge on any atom is 0.255 e. The van der Waals surface area contributed by atoms with Crippen LogP contribution in [0.2, 0.25) is 5.02 Å². The first-order valence-corrected chi connectivity index (χ1v) is 6.53. The number of hydrogen-bond donors (Lipinski definition) is 1. The second-order valence-corrected chi connectivity index (χ2v) is 4.89. The summed E-state index contributed by atoms with van der Waals surface area (Å²) < 4.78 is 5.70. The zero-order chi connectivity index (χ0) is 13.8. The van der Waals surface area contributed by atoms with E-state index in [0.29, 0.717) is 26.6 Å². The van der Waals surface area contributed by atoms with E-state index < -0.39 is 0 Å². The van der Waals surface area contributed by atoms with Crippen molar-refractivity contribution < 1.29 is 9.53 Å². The van der Waals surface area contributed by atoms with Crippen molar-refractivity contribution in [2.24, 2.45) is 0 Å². The number of nitrogens with zero attached hydrogens (tertiary/aromatic N) is 1. The minimum absolute atomic E-state index is 0.229. The number of amides is 1. The first kappa shape index (κ1) is 13.8. The highest BCUT2D eigenvalue weighted by Gasteiger charge is 2.08. The third-order valence-corrected chi connectivity index (χ3v) is 3.14. The first-order valence-electron chi connectivity index (χ1n) is 5.36. The van der Waals surface area contributed by atoms with Gasteiger partial charge in [0.15, 0.2) is 0 Å². The molecule has 98 valence electrons. The van der Waals surface area contributed by atoms with Gasteiger partial charge in [-0.1, -0.05) is 11.6 Å². The van der Waals surface area contributed by atoms with Crippen LogP contribution in [0.25, 0.3) is 0 Å². The van der Waals surface area contributed by atoms with Gasteiger partial charge in [-0.2, -0.15) is 0 Å². The summed E-state index contributed by atoms with van der Waals surface area (Å²) in [5.74, 6) is 0.280. The molecule has 0 aliphatic carbocycles. The van der Waals surface area contributed by atoms with Gasteiger partial charge in [-0.05, 0) is 40.2 Å². The number of hydrogen-bond acceptors (Lipinski definition) is 3. The number of carbonyl (C=O) groups excluding carboxylic acids is 1. The van der Waals surface area contributed by atoms with Crippen molar-refractivity contribution in [2.45, 2.75) is 0 Å². The van der Waals surface area contributed by atoms with Gasteiger partial charge in [-0.25, -0.2) is 4.98 Å². The molecular weight excluding hydrogens is 332 g/mol. The average molecular weight is 342 g/mol. The van der Waals surface area contributed by atoms with Gasteiger partial charge < -0.3 is 10.1 Å². The highest BCUT2D eigenvalue weighted by atomic mass is 79.9. The number of carbonyl (C=O) groups is 1. The van der Waals surface area contributed by atoms with Crippen LogP contribution in [0.1, 0.15) is 10.4 Å². The Balaban J connectivity index is 2.19. The predicted molar refractivity (Wildman–Crippen MR) is 77.9 cm³/mol. The summed E-state index contributed by atoms with van der Waals surface area (Å²) in [6, 6.07) is 8.31. The van der Waals surface area contributed by atoms with E-state index in [2.05, 4.69) is 26.2 Å². The number of halogens is 2. The van der Waals surface area contributed by atoms with Gasteiger partial charge in [0.05, 0.1) is 12.1 Å². The summed E-state index contributed by atoms with van der Waals surface area (Å²) in [7, 11) is 1.52. The second kappa shape index (κ2) is 6.04. The number of benzene rings is 1. The van der Waals surface area contributed by atoms with Crippen molar-refractivity contribution in [1.29, 1.82) is 0 Å². The Morgan fingerprint density at radius 2 is 2.16 bits per heavy atom. The minimum Gasteiger partial charge on any atom is -0.495 e. The van der Waals surface area contributed by atoms with Crippen molar-refractivity contribution in [3.63, 3.8) is 0 Å². The van der Waals surface area contributed by atoms with Gasteiger partial charge in [0.2, 0.25) is 0 Å². The molecule has 1 amide bonds. The van der Waals surface area contributed by atoms with E-state index >= 15 is 0 Å². The third kappa shape index (κ3) is 3.45. The molecule has 0 radical (unpaired) electrons. The molecule has 0 fully saturated rings. The fraction of sp³-hybridized carbons (Fsp3) is 0.0769. The van der Waals surface area contributed by atoms with Gasteiger partial charge in [0.1, 0.15) is 10.4 Å². The Morgan fingerprint density at radius 3 is 2.84 bits per heavy atom. The van der Waals surface area contributed by atoms with Crippen LogP contribution in [0, 0.1) is 0 Å². The van der Waals surface area contributed by atoms with Crippen LogP contribution in [0.4, 0.5) is 5.69 Å². The Labute approximate surface area is 123 Å². The summed E-state index contributed by atoms with van der Waals surface area (Å²) in [4.78, 5) is 16.0. The number of aromatic nitrogens is 1. The van der Waals surface area contributed by atoms with Crippen molar-refractivity contribution in [1.82, 2.24) is 4.98 Å². The Kier molecular flexibility index (Phi) is 4.39. The molecule has 2 rings (SSSR count). The van der Waals surface area contributed by atoms with E-state index in [1.54, 1.807) is 36.5 Å². The van der Waals surface area contributed by atoms with Crippen LogP contribution in [0.15, 0.2) is 41.1 Å². The lowest BCUT2D eigenvalue weighted by molar-refractivity contribution is 0.102. The topological polar surface area (TPSA) is 51.2 Å². The molecule has 1 heterocycles. The predicted octanol–water partition coefficient (Wildman–Crippen LogP) is 3.76. The van der Waals surface area contributed by atoms with E-state index in [-0.39, 0.29) is 5.91 Å². The number of methoxy groups -OCH3 is 1. The summed E-state index contributed by atoms with van der Waals surface area (Å²) >= 11 is 9.14. The Hall–Kier alpha value is -1.59. The molecule has 0 spiro atoms. The standard InChI is InChI=1S/C13H10BrClN2O2/c1-19-11-7-9(2-3-10(11)15)17-13(18)8-4-5-16-12(14)6-8/h2-7H,1H3,(H,17,18). The SMILES string of the molecule is COc1cc(NC(=O)c2ccnc(Br)c2)ccc1Cl. The quantitative estimate of drug-likeness (QED) is 0.865. The number of anilines is 1. The van der Waals surface area contributed by atoms with Crippen molar-refractivity contribution in [2.75, 3.05) is 12.4 Å². The number of rotatable bonds is 3. The third-order valence-electron chi connectivity index (χ3n) is 2.40.